The minimum absolute atomic E-state index is 0.104. The molecular formula is C38H27BN4. The zero-order valence-electron chi connectivity index (χ0n) is 23.7. The summed E-state index contributed by atoms with van der Waals surface area (Å²) in [6.07, 6.45) is 0. The highest BCUT2D eigenvalue weighted by Gasteiger charge is 2.43. The molecule has 0 saturated heterocycles. The highest BCUT2D eigenvalue weighted by molar-refractivity contribution is 7.00. The zero-order chi connectivity index (χ0) is 28.5. The van der Waals surface area contributed by atoms with Crippen LogP contribution in [0, 0.1) is 0 Å². The molecular weight excluding hydrogens is 523 g/mol. The third kappa shape index (κ3) is 3.48. The predicted octanol–water partition coefficient (Wildman–Crippen LogP) is 7.32. The van der Waals surface area contributed by atoms with Gasteiger partial charge in [0.25, 0.3) is 6.71 Å². The average Bonchev–Trinajstić information content (AvgIpc) is 3.41. The van der Waals surface area contributed by atoms with E-state index in [2.05, 4.69) is 167 Å². The van der Waals surface area contributed by atoms with E-state index >= 15 is 0 Å². The lowest BCUT2D eigenvalue weighted by Crippen LogP contribution is -2.61. The molecule has 0 bridgehead atoms. The van der Waals surface area contributed by atoms with E-state index in [1.807, 2.05) is 0 Å². The SMILES string of the molecule is Cn1c(-c2cc3c4c(c2)N(c2ccccc2)c2ccccc2B4c2ccccc2N3c2ccccc2)nc2ccccc21. The second kappa shape index (κ2) is 9.23. The summed E-state index contributed by atoms with van der Waals surface area (Å²) in [5.74, 6) is 0.954. The Kier molecular flexibility index (Phi) is 5.17. The quantitative estimate of drug-likeness (QED) is 0.216. The molecule has 0 unspecified atom stereocenters. The zero-order valence-corrected chi connectivity index (χ0v) is 23.7. The number of benzene rings is 6. The normalized spacial score (nSPS) is 13.1. The molecule has 1 aromatic heterocycles. The Labute approximate surface area is 251 Å². The first-order chi connectivity index (χ1) is 21.3. The molecule has 43 heavy (non-hydrogen) atoms. The molecule has 0 N–H and O–H groups in total. The molecule has 4 nitrogen and oxygen atoms in total. The number of rotatable bonds is 3. The molecule has 3 heterocycles. The smallest absolute Gasteiger partial charge is 0.252 e. The topological polar surface area (TPSA) is 24.3 Å². The minimum atomic E-state index is 0.104. The first kappa shape index (κ1) is 24.1. The summed E-state index contributed by atoms with van der Waals surface area (Å²) >= 11 is 0. The van der Waals surface area contributed by atoms with Gasteiger partial charge in [0.15, 0.2) is 0 Å². The van der Waals surface area contributed by atoms with Crippen molar-refractivity contribution < 1.29 is 0 Å². The highest BCUT2D eigenvalue weighted by atomic mass is 15.2. The van der Waals surface area contributed by atoms with Gasteiger partial charge in [-0.15, -0.1) is 0 Å². The second-order valence-electron chi connectivity index (χ2n) is 11.3. The number of anilines is 6. The summed E-state index contributed by atoms with van der Waals surface area (Å²) in [5.41, 5.74) is 14.2. The Morgan fingerprint density at radius 3 is 1.56 bits per heavy atom. The number of nitrogens with zero attached hydrogens (tertiary/aromatic N) is 4. The fourth-order valence-electron chi connectivity index (χ4n) is 7.14. The van der Waals surface area contributed by atoms with Crippen LogP contribution in [-0.2, 0) is 7.05 Å². The number of fused-ring (bicyclic) bond motifs is 5. The van der Waals surface area contributed by atoms with E-state index in [4.69, 9.17) is 4.98 Å². The van der Waals surface area contributed by atoms with E-state index < -0.39 is 0 Å². The van der Waals surface area contributed by atoms with Gasteiger partial charge in [0.2, 0.25) is 0 Å². The van der Waals surface area contributed by atoms with Gasteiger partial charge >= 0.3 is 0 Å². The van der Waals surface area contributed by atoms with Gasteiger partial charge in [-0.05, 0) is 77.1 Å². The summed E-state index contributed by atoms with van der Waals surface area (Å²) in [5, 5.41) is 0. The first-order valence-corrected chi connectivity index (χ1v) is 14.8. The van der Waals surface area contributed by atoms with Crippen molar-refractivity contribution in [2.45, 2.75) is 0 Å². The molecule has 5 heteroatoms. The first-order valence-electron chi connectivity index (χ1n) is 14.8. The van der Waals surface area contributed by atoms with Crippen LogP contribution in [0.5, 0.6) is 0 Å². The van der Waals surface area contributed by atoms with Crippen molar-refractivity contribution in [1.82, 2.24) is 9.55 Å². The van der Waals surface area contributed by atoms with E-state index in [1.165, 1.54) is 39.1 Å². The van der Waals surface area contributed by atoms with E-state index in [9.17, 15) is 0 Å². The Bertz CT molecular complexity index is 2060. The van der Waals surface area contributed by atoms with Crippen molar-refractivity contribution in [3.63, 3.8) is 0 Å². The lowest BCUT2D eigenvalue weighted by molar-refractivity contribution is 0.959. The van der Waals surface area contributed by atoms with Crippen LogP contribution in [0.4, 0.5) is 34.1 Å². The van der Waals surface area contributed by atoms with Crippen LogP contribution >= 0.6 is 0 Å². The van der Waals surface area contributed by atoms with Crippen LogP contribution in [0.25, 0.3) is 22.4 Å². The molecule has 2 aliphatic rings. The molecule has 0 radical (unpaired) electrons. The maximum Gasteiger partial charge on any atom is 0.252 e. The Morgan fingerprint density at radius 2 is 1.00 bits per heavy atom. The molecule has 0 aliphatic carbocycles. The van der Waals surface area contributed by atoms with Gasteiger partial charge in [0.05, 0.1) is 11.0 Å². The van der Waals surface area contributed by atoms with Gasteiger partial charge in [0, 0.05) is 46.7 Å². The van der Waals surface area contributed by atoms with E-state index in [1.54, 1.807) is 0 Å². The van der Waals surface area contributed by atoms with E-state index in [0.717, 1.165) is 33.8 Å². The van der Waals surface area contributed by atoms with Gasteiger partial charge < -0.3 is 14.4 Å². The summed E-state index contributed by atoms with van der Waals surface area (Å²) < 4.78 is 2.22. The number of hydrogen-bond donors (Lipinski definition) is 0. The van der Waals surface area contributed by atoms with Gasteiger partial charge in [-0.25, -0.2) is 4.98 Å². The van der Waals surface area contributed by atoms with Gasteiger partial charge in [0.1, 0.15) is 5.82 Å². The number of hydrogen-bond acceptors (Lipinski definition) is 3. The van der Waals surface area contributed by atoms with Crippen molar-refractivity contribution in [1.29, 1.82) is 0 Å². The standard InChI is InChI=1S/C38H27BN4/c1-41-34-23-13-10-20-31(34)40-38(41)26-24-35-37-36(25-26)43(28-16-6-3-7-17-28)33-22-12-9-19-30(33)39(37)29-18-8-11-21-32(29)42(35)27-14-4-2-5-15-27/h2-25H,1H3. The predicted molar refractivity (Wildman–Crippen MR) is 180 cm³/mol. The molecule has 9 rings (SSSR count). The summed E-state index contributed by atoms with van der Waals surface area (Å²) in [7, 11) is 2.12. The molecule has 0 saturated carbocycles. The molecule has 6 aromatic carbocycles. The maximum atomic E-state index is 5.15. The largest absolute Gasteiger partial charge is 0.327 e. The third-order valence-electron chi connectivity index (χ3n) is 8.96. The van der Waals surface area contributed by atoms with Gasteiger partial charge in [-0.1, -0.05) is 84.9 Å². The summed E-state index contributed by atoms with van der Waals surface area (Å²) in [4.78, 5) is 10.0. The van der Waals surface area contributed by atoms with Crippen molar-refractivity contribution in [3.8, 4) is 11.4 Å². The molecule has 0 fully saturated rings. The number of aromatic nitrogens is 2. The van der Waals surface area contributed by atoms with Gasteiger partial charge in [-0.2, -0.15) is 0 Å². The van der Waals surface area contributed by atoms with Crippen molar-refractivity contribution in [2.24, 2.45) is 7.05 Å². The Balaban J connectivity index is 1.42. The third-order valence-corrected chi connectivity index (χ3v) is 8.96. The molecule has 202 valence electrons. The Morgan fingerprint density at radius 1 is 0.512 bits per heavy atom. The summed E-state index contributed by atoms with van der Waals surface area (Å²) in [6, 6.07) is 52.3. The number of para-hydroxylation sites is 6. The molecule has 2 aliphatic heterocycles. The van der Waals surface area contributed by atoms with Crippen LogP contribution in [0.1, 0.15) is 0 Å². The van der Waals surface area contributed by atoms with Crippen LogP contribution in [0.3, 0.4) is 0 Å². The fraction of sp³-hybridized carbons (Fsp3) is 0.0263. The maximum absolute atomic E-state index is 5.15. The van der Waals surface area contributed by atoms with Crippen LogP contribution in [-0.4, -0.2) is 16.3 Å². The molecule has 7 aromatic rings. The minimum Gasteiger partial charge on any atom is -0.327 e. The molecule has 0 amide bonds. The van der Waals surface area contributed by atoms with Crippen LogP contribution in [0.15, 0.2) is 146 Å². The van der Waals surface area contributed by atoms with Crippen molar-refractivity contribution >= 4 is 68.3 Å². The van der Waals surface area contributed by atoms with E-state index in [0.29, 0.717) is 0 Å². The number of aryl methyl sites for hydroxylation is 1. The van der Waals surface area contributed by atoms with E-state index in [-0.39, 0.29) is 6.71 Å². The lowest BCUT2D eigenvalue weighted by Gasteiger charge is -2.44. The van der Waals surface area contributed by atoms with Crippen LogP contribution in [0.2, 0.25) is 0 Å². The molecule has 0 atom stereocenters. The van der Waals surface area contributed by atoms with Crippen molar-refractivity contribution in [2.75, 3.05) is 9.80 Å². The average molecular weight is 550 g/mol. The summed E-state index contributed by atoms with van der Waals surface area (Å²) in [6.45, 7) is 0.104. The lowest BCUT2D eigenvalue weighted by atomic mass is 9.33. The molecule has 0 spiro atoms. The second-order valence-corrected chi connectivity index (χ2v) is 11.3. The van der Waals surface area contributed by atoms with Gasteiger partial charge in [-0.3, -0.25) is 0 Å². The van der Waals surface area contributed by atoms with Crippen LogP contribution < -0.4 is 26.2 Å². The van der Waals surface area contributed by atoms with Crippen molar-refractivity contribution in [3.05, 3.63) is 146 Å². The number of imidazole rings is 1. The fourth-order valence-corrected chi connectivity index (χ4v) is 7.14. The highest BCUT2D eigenvalue weighted by Crippen LogP contribution is 2.45. The monoisotopic (exact) mass is 550 g/mol. The Hall–Kier alpha value is -5.55.